The zero-order chi connectivity index (χ0) is 14.1. The van der Waals surface area contributed by atoms with Crippen LogP contribution in [0.1, 0.15) is 5.56 Å². The first kappa shape index (κ1) is 14.4. The Morgan fingerprint density at radius 3 is 2.65 bits per heavy atom. The SMILES string of the molecule is CNC(Cc1ccc(Br)cc1F)C1CN2CCN1CC2. The van der Waals surface area contributed by atoms with Gasteiger partial charge in [0.1, 0.15) is 5.82 Å². The smallest absolute Gasteiger partial charge is 0.127 e. The van der Waals surface area contributed by atoms with E-state index in [4.69, 9.17) is 0 Å². The summed E-state index contributed by atoms with van der Waals surface area (Å²) in [6, 6.07) is 6.15. The zero-order valence-corrected chi connectivity index (χ0v) is 13.4. The molecule has 1 aromatic rings. The summed E-state index contributed by atoms with van der Waals surface area (Å²) >= 11 is 3.31. The Hall–Kier alpha value is -0.490. The lowest BCUT2D eigenvalue weighted by molar-refractivity contribution is -0.00212. The highest BCUT2D eigenvalue weighted by Gasteiger charge is 2.36. The van der Waals surface area contributed by atoms with Crippen LogP contribution in [0.25, 0.3) is 0 Å². The van der Waals surface area contributed by atoms with Crippen molar-refractivity contribution in [1.29, 1.82) is 0 Å². The Kier molecular flexibility index (Phi) is 4.40. The van der Waals surface area contributed by atoms with Crippen LogP contribution in [-0.4, -0.2) is 61.7 Å². The predicted octanol–water partition coefficient (Wildman–Crippen LogP) is 1.72. The van der Waals surface area contributed by atoms with Crippen molar-refractivity contribution in [1.82, 2.24) is 15.1 Å². The van der Waals surface area contributed by atoms with E-state index < -0.39 is 0 Å². The molecule has 3 aliphatic heterocycles. The molecule has 0 aromatic heterocycles. The number of halogens is 2. The van der Waals surface area contributed by atoms with Gasteiger partial charge < -0.3 is 5.32 Å². The standard InChI is InChI=1S/C15H21BrFN3/c1-18-14(8-11-2-3-12(16)9-13(11)17)15-10-19-4-6-20(15)7-5-19/h2-3,9,14-15,18H,4-8,10H2,1H3. The molecular formula is C15H21BrFN3. The van der Waals surface area contributed by atoms with Gasteiger partial charge in [0.25, 0.3) is 0 Å². The Bertz CT molecular complexity index is 474. The Morgan fingerprint density at radius 1 is 1.35 bits per heavy atom. The number of hydrogen-bond donors (Lipinski definition) is 1. The van der Waals surface area contributed by atoms with Crippen LogP contribution in [0, 0.1) is 5.82 Å². The summed E-state index contributed by atoms with van der Waals surface area (Å²) in [4.78, 5) is 5.07. The molecule has 1 N–H and O–H groups in total. The zero-order valence-electron chi connectivity index (χ0n) is 11.8. The molecule has 3 fully saturated rings. The average molecular weight is 342 g/mol. The van der Waals surface area contributed by atoms with Crippen molar-refractivity contribution in [3.8, 4) is 0 Å². The van der Waals surface area contributed by atoms with Crippen molar-refractivity contribution < 1.29 is 4.39 Å². The molecule has 1 aromatic carbocycles. The van der Waals surface area contributed by atoms with Crippen molar-refractivity contribution in [2.75, 3.05) is 39.8 Å². The lowest BCUT2D eigenvalue weighted by atomic mass is 9.94. The van der Waals surface area contributed by atoms with Gasteiger partial charge in [-0.05, 0) is 31.2 Å². The van der Waals surface area contributed by atoms with E-state index in [1.807, 2.05) is 19.2 Å². The van der Waals surface area contributed by atoms with E-state index in [-0.39, 0.29) is 5.82 Å². The number of benzene rings is 1. The van der Waals surface area contributed by atoms with Gasteiger partial charge in [-0.3, -0.25) is 9.80 Å². The highest BCUT2D eigenvalue weighted by molar-refractivity contribution is 9.10. The number of nitrogens with zero attached hydrogens (tertiary/aromatic N) is 2. The Balaban J connectivity index is 1.73. The van der Waals surface area contributed by atoms with Gasteiger partial charge in [0, 0.05) is 49.3 Å². The first-order valence-corrected chi connectivity index (χ1v) is 8.04. The van der Waals surface area contributed by atoms with E-state index >= 15 is 0 Å². The molecule has 20 heavy (non-hydrogen) atoms. The second-order valence-corrected chi connectivity index (χ2v) is 6.65. The van der Waals surface area contributed by atoms with Gasteiger partial charge in [0.05, 0.1) is 0 Å². The van der Waals surface area contributed by atoms with E-state index in [0.29, 0.717) is 12.1 Å². The minimum atomic E-state index is -0.115. The molecule has 0 saturated carbocycles. The maximum absolute atomic E-state index is 14.0. The lowest BCUT2D eigenvalue weighted by Crippen LogP contribution is -2.66. The van der Waals surface area contributed by atoms with Crippen LogP contribution in [0.15, 0.2) is 22.7 Å². The second kappa shape index (κ2) is 6.10. The topological polar surface area (TPSA) is 18.5 Å². The van der Waals surface area contributed by atoms with E-state index in [0.717, 1.165) is 36.1 Å². The number of likely N-dealkylation sites (N-methyl/N-ethyl adjacent to an activating group) is 1. The summed E-state index contributed by atoms with van der Waals surface area (Å²) in [6.07, 6.45) is 0.741. The van der Waals surface area contributed by atoms with Crippen molar-refractivity contribution in [3.63, 3.8) is 0 Å². The summed E-state index contributed by atoms with van der Waals surface area (Å²) in [5, 5.41) is 3.40. The van der Waals surface area contributed by atoms with Gasteiger partial charge in [0.15, 0.2) is 0 Å². The fourth-order valence-corrected chi connectivity index (χ4v) is 3.73. The number of nitrogens with one attached hydrogen (secondary N) is 1. The van der Waals surface area contributed by atoms with Crippen molar-refractivity contribution >= 4 is 15.9 Å². The molecule has 0 amide bonds. The monoisotopic (exact) mass is 341 g/mol. The predicted molar refractivity (Wildman–Crippen MR) is 82.5 cm³/mol. The minimum absolute atomic E-state index is 0.115. The summed E-state index contributed by atoms with van der Waals surface area (Å²) in [7, 11) is 1.99. The molecule has 0 spiro atoms. The number of rotatable bonds is 4. The van der Waals surface area contributed by atoms with Gasteiger partial charge in [0.2, 0.25) is 0 Å². The van der Waals surface area contributed by atoms with Crippen LogP contribution in [0.4, 0.5) is 4.39 Å². The first-order chi connectivity index (χ1) is 9.67. The summed E-state index contributed by atoms with van der Waals surface area (Å²) < 4.78 is 14.8. The molecule has 5 heteroatoms. The molecule has 3 saturated heterocycles. The van der Waals surface area contributed by atoms with Gasteiger partial charge in [-0.15, -0.1) is 0 Å². The van der Waals surface area contributed by atoms with E-state index in [9.17, 15) is 4.39 Å². The Morgan fingerprint density at radius 2 is 2.10 bits per heavy atom. The highest BCUT2D eigenvalue weighted by atomic mass is 79.9. The average Bonchev–Trinajstić information content (AvgIpc) is 2.48. The van der Waals surface area contributed by atoms with Crippen molar-refractivity contribution in [2.45, 2.75) is 18.5 Å². The maximum Gasteiger partial charge on any atom is 0.127 e. The third-order valence-corrected chi connectivity index (χ3v) is 5.10. The van der Waals surface area contributed by atoms with Crippen LogP contribution in [0.2, 0.25) is 0 Å². The van der Waals surface area contributed by atoms with Gasteiger partial charge in [-0.2, -0.15) is 0 Å². The molecule has 110 valence electrons. The second-order valence-electron chi connectivity index (χ2n) is 5.74. The van der Waals surface area contributed by atoms with Crippen LogP contribution in [0.5, 0.6) is 0 Å². The lowest BCUT2D eigenvalue weighted by Gasteiger charge is -2.50. The summed E-state index contributed by atoms with van der Waals surface area (Å²) in [5.41, 5.74) is 0.796. The maximum atomic E-state index is 14.0. The van der Waals surface area contributed by atoms with Crippen LogP contribution in [-0.2, 0) is 6.42 Å². The van der Waals surface area contributed by atoms with E-state index in [1.54, 1.807) is 6.07 Å². The van der Waals surface area contributed by atoms with E-state index in [1.165, 1.54) is 13.1 Å². The summed E-state index contributed by atoms with van der Waals surface area (Å²) in [6.45, 7) is 5.75. The van der Waals surface area contributed by atoms with Crippen molar-refractivity contribution in [2.24, 2.45) is 0 Å². The molecule has 2 bridgehead atoms. The van der Waals surface area contributed by atoms with Gasteiger partial charge in [-0.25, -0.2) is 4.39 Å². The molecule has 3 heterocycles. The molecular weight excluding hydrogens is 321 g/mol. The van der Waals surface area contributed by atoms with Crippen LogP contribution >= 0.6 is 15.9 Å². The molecule has 2 atom stereocenters. The fraction of sp³-hybridized carbons (Fsp3) is 0.600. The van der Waals surface area contributed by atoms with Gasteiger partial charge in [-0.1, -0.05) is 22.0 Å². The third-order valence-electron chi connectivity index (χ3n) is 4.61. The number of piperazine rings is 3. The number of fused-ring (bicyclic) bond motifs is 3. The summed E-state index contributed by atoms with van der Waals surface area (Å²) in [5.74, 6) is -0.115. The molecule has 4 rings (SSSR count). The molecule has 3 aliphatic rings. The highest BCUT2D eigenvalue weighted by Crippen LogP contribution is 2.22. The van der Waals surface area contributed by atoms with E-state index in [2.05, 4.69) is 31.0 Å². The largest absolute Gasteiger partial charge is 0.315 e. The minimum Gasteiger partial charge on any atom is -0.315 e. The fourth-order valence-electron chi connectivity index (χ4n) is 3.39. The quantitative estimate of drug-likeness (QED) is 0.899. The molecule has 0 radical (unpaired) electrons. The van der Waals surface area contributed by atoms with Crippen LogP contribution in [0.3, 0.4) is 0 Å². The number of hydrogen-bond acceptors (Lipinski definition) is 3. The van der Waals surface area contributed by atoms with Crippen LogP contribution < -0.4 is 5.32 Å². The molecule has 2 unspecified atom stereocenters. The third kappa shape index (κ3) is 2.91. The Labute approximate surface area is 128 Å². The van der Waals surface area contributed by atoms with Gasteiger partial charge >= 0.3 is 0 Å². The normalized spacial score (nSPS) is 30.4. The molecule has 3 nitrogen and oxygen atoms in total. The first-order valence-electron chi connectivity index (χ1n) is 7.25. The van der Waals surface area contributed by atoms with Crippen molar-refractivity contribution in [3.05, 3.63) is 34.1 Å². The molecule has 0 aliphatic carbocycles.